The van der Waals surface area contributed by atoms with Gasteiger partial charge in [-0.05, 0) is 37.8 Å². The highest BCUT2D eigenvalue weighted by molar-refractivity contribution is 7.10. The summed E-state index contributed by atoms with van der Waals surface area (Å²) in [6, 6.07) is 4.00. The molecule has 3 N–H and O–H groups in total. The van der Waals surface area contributed by atoms with Gasteiger partial charge in [0.15, 0.2) is 0 Å². The Labute approximate surface area is 94.7 Å². The molecule has 1 atom stereocenters. The van der Waals surface area contributed by atoms with Crippen molar-refractivity contribution in [2.24, 2.45) is 5.73 Å². The SMILES string of the molecule is CCNC(=O)C(CCCN)c1cccs1. The van der Waals surface area contributed by atoms with Crippen LogP contribution in [0.1, 0.15) is 30.6 Å². The molecule has 84 valence electrons. The highest BCUT2D eigenvalue weighted by Gasteiger charge is 2.19. The maximum Gasteiger partial charge on any atom is 0.228 e. The molecule has 0 aliphatic carbocycles. The molecular weight excluding hydrogens is 208 g/mol. The zero-order chi connectivity index (χ0) is 11.1. The van der Waals surface area contributed by atoms with Crippen molar-refractivity contribution in [1.82, 2.24) is 5.32 Å². The minimum atomic E-state index is -0.0199. The van der Waals surface area contributed by atoms with Gasteiger partial charge >= 0.3 is 0 Å². The lowest BCUT2D eigenvalue weighted by molar-refractivity contribution is -0.122. The van der Waals surface area contributed by atoms with Crippen LogP contribution in [-0.4, -0.2) is 19.0 Å². The number of thiophene rings is 1. The standard InChI is InChI=1S/C11H18N2OS/c1-2-13-11(14)9(5-3-7-12)10-6-4-8-15-10/h4,6,8-9H,2-3,5,7,12H2,1H3,(H,13,14). The quantitative estimate of drug-likeness (QED) is 0.776. The second-order valence-corrected chi connectivity index (χ2v) is 4.37. The molecule has 0 aromatic carbocycles. The van der Waals surface area contributed by atoms with E-state index in [-0.39, 0.29) is 11.8 Å². The molecule has 1 rings (SSSR count). The normalized spacial score (nSPS) is 12.4. The molecule has 0 aliphatic rings. The fourth-order valence-corrected chi connectivity index (χ4v) is 2.37. The van der Waals surface area contributed by atoms with E-state index in [0.717, 1.165) is 17.7 Å². The Morgan fingerprint density at radius 3 is 3.00 bits per heavy atom. The average Bonchev–Trinajstić information content (AvgIpc) is 2.72. The molecular formula is C11H18N2OS. The molecule has 1 aromatic heterocycles. The van der Waals surface area contributed by atoms with Gasteiger partial charge in [-0.15, -0.1) is 11.3 Å². The van der Waals surface area contributed by atoms with Gasteiger partial charge in [0.05, 0.1) is 5.92 Å². The second-order valence-electron chi connectivity index (χ2n) is 3.39. The molecule has 15 heavy (non-hydrogen) atoms. The highest BCUT2D eigenvalue weighted by atomic mass is 32.1. The maximum atomic E-state index is 11.8. The van der Waals surface area contributed by atoms with Crippen molar-refractivity contribution in [1.29, 1.82) is 0 Å². The Kier molecular flexibility index (Phi) is 5.36. The number of hydrogen-bond acceptors (Lipinski definition) is 3. The molecule has 1 amide bonds. The van der Waals surface area contributed by atoms with Gasteiger partial charge in [0.25, 0.3) is 0 Å². The van der Waals surface area contributed by atoms with E-state index in [1.54, 1.807) is 11.3 Å². The molecule has 0 saturated carbocycles. The monoisotopic (exact) mass is 226 g/mol. The number of carbonyl (C=O) groups excluding carboxylic acids is 1. The Bertz CT molecular complexity index is 285. The number of amides is 1. The molecule has 0 fully saturated rings. The predicted octanol–water partition coefficient (Wildman–Crippen LogP) is 1.71. The number of likely N-dealkylation sites (N-methyl/N-ethyl adjacent to an activating group) is 1. The first-order valence-corrected chi connectivity index (χ1v) is 6.18. The summed E-state index contributed by atoms with van der Waals surface area (Å²) < 4.78 is 0. The number of nitrogens with two attached hydrogens (primary N) is 1. The van der Waals surface area contributed by atoms with Crippen LogP contribution in [0.3, 0.4) is 0 Å². The van der Waals surface area contributed by atoms with Gasteiger partial charge in [-0.25, -0.2) is 0 Å². The van der Waals surface area contributed by atoms with Crippen LogP contribution in [0.2, 0.25) is 0 Å². The smallest absolute Gasteiger partial charge is 0.228 e. The third-order valence-electron chi connectivity index (χ3n) is 2.25. The lowest BCUT2D eigenvalue weighted by Gasteiger charge is -2.14. The van der Waals surface area contributed by atoms with E-state index in [9.17, 15) is 4.79 Å². The summed E-state index contributed by atoms with van der Waals surface area (Å²) in [5.41, 5.74) is 5.48. The first kappa shape index (κ1) is 12.2. The van der Waals surface area contributed by atoms with Crippen molar-refractivity contribution in [3.05, 3.63) is 22.4 Å². The number of carbonyl (C=O) groups is 1. The maximum absolute atomic E-state index is 11.8. The number of rotatable bonds is 6. The Morgan fingerprint density at radius 2 is 2.47 bits per heavy atom. The van der Waals surface area contributed by atoms with Crippen LogP contribution in [0.4, 0.5) is 0 Å². The summed E-state index contributed by atoms with van der Waals surface area (Å²) in [5, 5.41) is 4.87. The first-order valence-electron chi connectivity index (χ1n) is 5.30. The van der Waals surface area contributed by atoms with Crippen LogP contribution in [0.5, 0.6) is 0 Å². The van der Waals surface area contributed by atoms with E-state index in [1.807, 2.05) is 24.4 Å². The van der Waals surface area contributed by atoms with E-state index >= 15 is 0 Å². The van der Waals surface area contributed by atoms with Crippen LogP contribution in [0, 0.1) is 0 Å². The van der Waals surface area contributed by atoms with Crippen molar-refractivity contribution < 1.29 is 4.79 Å². The van der Waals surface area contributed by atoms with Crippen LogP contribution in [0.15, 0.2) is 17.5 Å². The minimum Gasteiger partial charge on any atom is -0.356 e. The molecule has 0 bridgehead atoms. The van der Waals surface area contributed by atoms with E-state index in [0.29, 0.717) is 13.1 Å². The van der Waals surface area contributed by atoms with Crippen molar-refractivity contribution in [3.8, 4) is 0 Å². The third kappa shape index (κ3) is 3.64. The molecule has 1 heterocycles. The summed E-state index contributed by atoms with van der Waals surface area (Å²) in [5.74, 6) is 0.0990. The predicted molar refractivity (Wildman–Crippen MR) is 64.0 cm³/mol. The Balaban J connectivity index is 2.65. The van der Waals surface area contributed by atoms with Crippen molar-refractivity contribution >= 4 is 17.2 Å². The number of hydrogen-bond donors (Lipinski definition) is 2. The van der Waals surface area contributed by atoms with E-state index in [1.165, 1.54) is 0 Å². The topological polar surface area (TPSA) is 55.1 Å². The van der Waals surface area contributed by atoms with Crippen LogP contribution >= 0.6 is 11.3 Å². The van der Waals surface area contributed by atoms with Gasteiger partial charge in [-0.1, -0.05) is 6.07 Å². The first-order chi connectivity index (χ1) is 7.29. The third-order valence-corrected chi connectivity index (χ3v) is 3.24. The van der Waals surface area contributed by atoms with Gasteiger partial charge in [-0.3, -0.25) is 4.79 Å². The summed E-state index contributed by atoms with van der Waals surface area (Å²) >= 11 is 1.63. The summed E-state index contributed by atoms with van der Waals surface area (Å²) in [7, 11) is 0. The van der Waals surface area contributed by atoms with Gasteiger partial charge in [-0.2, -0.15) is 0 Å². The summed E-state index contributed by atoms with van der Waals surface area (Å²) in [4.78, 5) is 12.9. The van der Waals surface area contributed by atoms with E-state index in [4.69, 9.17) is 5.73 Å². The molecule has 1 unspecified atom stereocenters. The van der Waals surface area contributed by atoms with Crippen LogP contribution in [0.25, 0.3) is 0 Å². The lowest BCUT2D eigenvalue weighted by Crippen LogP contribution is -2.29. The zero-order valence-electron chi connectivity index (χ0n) is 9.03. The molecule has 4 heteroatoms. The van der Waals surface area contributed by atoms with Crippen LogP contribution < -0.4 is 11.1 Å². The molecule has 0 spiro atoms. The van der Waals surface area contributed by atoms with E-state index < -0.39 is 0 Å². The van der Waals surface area contributed by atoms with E-state index in [2.05, 4.69) is 5.32 Å². The van der Waals surface area contributed by atoms with Gasteiger partial charge in [0.1, 0.15) is 0 Å². The summed E-state index contributed by atoms with van der Waals surface area (Å²) in [6.45, 7) is 3.26. The second kappa shape index (κ2) is 6.58. The van der Waals surface area contributed by atoms with Crippen LogP contribution in [-0.2, 0) is 4.79 Å². The Hall–Kier alpha value is -0.870. The van der Waals surface area contributed by atoms with Crippen molar-refractivity contribution in [2.75, 3.05) is 13.1 Å². The van der Waals surface area contributed by atoms with Crippen molar-refractivity contribution in [2.45, 2.75) is 25.7 Å². The Morgan fingerprint density at radius 1 is 1.67 bits per heavy atom. The molecule has 1 aromatic rings. The molecule has 3 nitrogen and oxygen atoms in total. The molecule has 0 aliphatic heterocycles. The average molecular weight is 226 g/mol. The fourth-order valence-electron chi connectivity index (χ4n) is 1.51. The zero-order valence-corrected chi connectivity index (χ0v) is 9.85. The summed E-state index contributed by atoms with van der Waals surface area (Å²) in [6.07, 6.45) is 1.72. The van der Waals surface area contributed by atoms with Gasteiger partial charge in [0, 0.05) is 11.4 Å². The highest BCUT2D eigenvalue weighted by Crippen LogP contribution is 2.25. The largest absolute Gasteiger partial charge is 0.356 e. The van der Waals surface area contributed by atoms with Gasteiger partial charge in [0.2, 0.25) is 5.91 Å². The fraction of sp³-hybridized carbons (Fsp3) is 0.545. The van der Waals surface area contributed by atoms with Crippen molar-refractivity contribution in [3.63, 3.8) is 0 Å². The molecule has 0 radical (unpaired) electrons. The molecule has 0 saturated heterocycles. The minimum absolute atomic E-state index is 0.0199. The number of nitrogens with one attached hydrogen (secondary N) is 1. The van der Waals surface area contributed by atoms with Gasteiger partial charge < -0.3 is 11.1 Å². The lowest BCUT2D eigenvalue weighted by atomic mass is 10.0.